The van der Waals surface area contributed by atoms with E-state index in [1.54, 1.807) is 27.7 Å². The van der Waals surface area contributed by atoms with Crippen LogP contribution in [-0.4, -0.2) is 50.6 Å². The van der Waals surface area contributed by atoms with E-state index in [-0.39, 0.29) is 5.97 Å². The van der Waals surface area contributed by atoms with Gasteiger partial charge >= 0.3 is 5.97 Å². The van der Waals surface area contributed by atoms with Gasteiger partial charge in [-0.2, -0.15) is 0 Å². The third kappa shape index (κ3) is 12.3. The highest BCUT2D eigenvalue weighted by molar-refractivity contribution is 8.22. The molecule has 0 aromatic rings. The number of rotatable bonds is 2. The maximum atomic E-state index is 11.4. The summed E-state index contributed by atoms with van der Waals surface area (Å²) in [5, 5.41) is 18.0. The van der Waals surface area contributed by atoms with Gasteiger partial charge in [0.1, 0.15) is 0 Å². The Balaban J connectivity index is -0.000000304. The minimum absolute atomic E-state index is 0.329. The molecular formula is C15H34O4S2. The Labute approximate surface area is 139 Å². The van der Waals surface area contributed by atoms with E-state index in [2.05, 4.69) is 4.74 Å². The van der Waals surface area contributed by atoms with E-state index < -0.39 is 15.8 Å². The number of carbonyl (C=O) groups excluding carboxylic acids is 1. The molecule has 21 heavy (non-hydrogen) atoms. The Morgan fingerprint density at radius 3 is 1.62 bits per heavy atom. The van der Waals surface area contributed by atoms with Crippen LogP contribution in [0.3, 0.4) is 0 Å². The Morgan fingerprint density at radius 2 is 1.43 bits per heavy atom. The molecule has 6 heteroatoms. The van der Waals surface area contributed by atoms with Crippen molar-refractivity contribution in [2.75, 3.05) is 18.6 Å². The van der Waals surface area contributed by atoms with Gasteiger partial charge in [-0.25, -0.2) is 4.79 Å². The molecule has 0 saturated carbocycles. The van der Waals surface area contributed by atoms with Crippen molar-refractivity contribution in [3.8, 4) is 0 Å². The molecule has 1 rings (SSSR count). The van der Waals surface area contributed by atoms with Gasteiger partial charge in [-0.15, -0.1) is 23.5 Å². The molecule has 4 nitrogen and oxygen atoms in total. The number of carbonyl (C=O) groups is 1. The predicted molar refractivity (Wildman–Crippen MR) is 96.0 cm³/mol. The Hall–Kier alpha value is 0.0900. The van der Waals surface area contributed by atoms with E-state index >= 15 is 0 Å². The normalized spacial score (nSPS) is 16.9. The highest BCUT2D eigenvalue weighted by Crippen LogP contribution is 2.47. The standard InChI is InChI=1S/C7H12O3S2.C4H10O.2C2H6/c1-5(8)7(6(9)10-2)11-3-4-12-7;1-4(2,3)5;2*1-2/h5,8H,3-4H2,1-2H3;5H,1-3H3;2*1-2H3. The lowest BCUT2D eigenvalue weighted by molar-refractivity contribution is -0.142. The largest absolute Gasteiger partial charge is 0.467 e. The second-order valence-electron chi connectivity index (χ2n) is 4.70. The number of hydrogen-bond acceptors (Lipinski definition) is 6. The van der Waals surface area contributed by atoms with E-state index in [1.807, 2.05) is 27.7 Å². The zero-order valence-corrected chi connectivity index (χ0v) is 16.7. The molecule has 0 radical (unpaired) electrons. The van der Waals surface area contributed by atoms with Crippen LogP contribution in [0.5, 0.6) is 0 Å². The fourth-order valence-corrected chi connectivity index (χ4v) is 4.09. The summed E-state index contributed by atoms with van der Waals surface area (Å²) in [5.41, 5.74) is -0.500. The molecule has 0 aromatic heterocycles. The topological polar surface area (TPSA) is 66.8 Å². The summed E-state index contributed by atoms with van der Waals surface area (Å²) in [7, 11) is 1.35. The predicted octanol–water partition coefficient (Wildman–Crippen LogP) is 3.55. The van der Waals surface area contributed by atoms with E-state index in [1.165, 1.54) is 30.6 Å². The molecule has 1 fully saturated rings. The zero-order valence-electron chi connectivity index (χ0n) is 15.0. The summed E-state index contributed by atoms with van der Waals surface area (Å²) < 4.78 is 3.89. The minimum atomic E-state index is -0.769. The number of thioether (sulfide) groups is 2. The van der Waals surface area contributed by atoms with Crippen LogP contribution in [0.15, 0.2) is 0 Å². The molecule has 1 heterocycles. The average Bonchev–Trinajstić information content (AvgIpc) is 2.91. The van der Waals surface area contributed by atoms with Crippen LogP contribution in [0, 0.1) is 0 Å². The van der Waals surface area contributed by atoms with Crippen molar-refractivity contribution >= 4 is 29.5 Å². The van der Waals surface area contributed by atoms with Crippen LogP contribution >= 0.6 is 23.5 Å². The van der Waals surface area contributed by atoms with Crippen molar-refractivity contribution in [3.63, 3.8) is 0 Å². The van der Waals surface area contributed by atoms with Gasteiger partial charge in [0.25, 0.3) is 0 Å². The number of hydrogen-bond donors (Lipinski definition) is 2. The molecule has 0 aromatic carbocycles. The second-order valence-corrected chi connectivity index (χ2v) is 7.64. The molecule has 0 amide bonds. The third-order valence-electron chi connectivity index (χ3n) is 1.74. The van der Waals surface area contributed by atoms with Crippen LogP contribution in [0.25, 0.3) is 0 Å². The van der Waals surface area contributed by atoms with Gasteiger partial charge in [0.05, 0.1) is 18.8 Å². The van der Waals surface area contributed by atoms with E-state index in [4.69, 9.17) is 5.11 Å². The van der Waals surface area contributed by atoms with Crippen molar-refractivity contribution < 1.29 is 19.7 Å². The van der Waals surface area contributed by atoms with Crippen molar-refractivity contribution in [2.45, 2.75) is 71.2 Å². The average molecular weight is 343 g/mol. The van der Waals surface area contributed by atoms with Crippen LogP contribution in [-0.2, 0) is 9.53 Å². The molecule has 130 valence electrons. The quantitative estimate of drug-likeness (QED) is 0.748. The smallest absolute Gasteiger partial charge is 0.334 e. The van der Waals surface area contributed by atoms with Gasteiger partial charge in [-0.3, -0.25) is 0 Å². The molecule has 1 saturated heterocycles. The third-order valence-corrected chi connectivity index (χ3v) is 5.39. The number of aliphatic hydroxyl groups is 2. The summed E-state index contributed by atoms with van der Waals surface area (Å²) >= 11 is 2.94. The van der Waals surface area contributed by atoms with Crippen molar-refractivity contribution in [1.29, 1.82) is 0 Å². The van der Waals surface area contributed by atoms with Crippen LogP contribution in [0.2, 0.25) is 0 Å². The van der Waals surface area contributed by atoms with Gasteiger partial charge < -0.3 is 14.9 Å². The molecule has 1 aliphatic heterocycles. The first-order valence-corrected chi connectivity index (χ1v) is 9.37. The number of ether oxygens (including phenoxy) is 1. The van der Waals surface area contributed by atoms with Gasteiger partial charge in [-0.05, 0) is 27.7 Å². The zero-order chi connectivity index (χ0) is 17.7. The lowest BCUT2D eigenvalue weighted by Crippen LogP contribution is -2.41. The highest BCUT2D eigenvalue weighted by Gasteiger charge is 2.48. The minimum Gasteiger partial charge on any atom is -0.467 e. The molecule has 2 N–H and O–H groups in total. The summed E-state index contributed by atoms with van der Waals surface area (Å²) in [6, 6.07) is 0. The van der Waals surface area contributed by atoms with Crippen molar-refractivity contribution in [1.82, 2.24) is 0 Å². The first kappa shape index (κ1) is 26.0. The molecular weight excluding hydrogens is 308 g/mol. The number of aliphatic hydroxyl groups excluding tert-OH is 1. The number of methoxy groups -OCH3 is 1. The van der Waals surface area contributed by atoms with Crippen molar-refractivity contribution in [2.24, 2.45) is 0 Å². The van der Waals surface area contributed by atoms with E-state index in [0.717, 1.165) is 11.5 Å². The second kappa shape index (κ2) is 13.7. The molecule has 1 unspecified atom stereocenters. The Bertz CT molecular complexity index is 239. The first-order valence-electron chi connectivity index (χ1n) is 7.40. The molecule has 0 spiro atoms. The van der Waals surface area contributed by atoms with Crippen LogP contribution in [0.1, 0.15) is 55.4 Å². The molecule has 0 bridgehead atoms. The van der Waals surface area contributed by atoms with E-state index in [0.29, 0.717) is 0 Å². The summed E-state index contributed by atoms with van der Waals surface area (Å²) in [4.78, 5) is 11.4. The van der Waals surface area contributed by atoms with Gasteiger partial charge in [0.15, 0.2) is 4.08 Å². The molecule has 0 aliphatic carbocycles. The molecule has 1 atom stereocenters. The monoisotopic (exact) mass is 342 g/mol. The fraction of sp³-hybridized carbons (Fsp3) is 0.933. The van der Waals surface area contributed by atoms with Gasteiger partial charge in [0.2, 0.25) is 0 Å². The fourth-order valence-electron chi connectivity index (χ4n) is 1.10. The first-order chi connectivity index (χ1) is 9.63. The molecule has 1 aliphatic rings. The van der Waals surface area contributed by atoms with Crippen LogP contribution < -0.4 is 0 Å². The summed E-state index contributed by atoms with van der Waals surface area (Å²) in [5.74, 6) is 1.46. The van der Waals surface area contributed by atoms with Crippen LogP contribution in [0.4, 0.5) is 0 Å². The lowest BCUT2D eigenvalue weighted by Gasteiger charge is -2.26. The SMILES string of the molecule is CC.CC.CC(C)(C)O.COC(=O)C1(C(C)O)SCCS1. The van der Waals surface area contributed by atoms with E-state index in [9.17, 15) is 9.90 Å². The van der Waals surface area contributed by atoms with Gasteiger partial charge in [0, 0.05) is 11.5 Å². The Morgan fingerprint density at radius 1 is 1.14 bits per heavy atom. The maximum Gasteiger partial charge on any atom is 0.334 e. The highest BCUT2D eigenvalue weighted by atomic mass is 32.2. The maximum absolute atomic E-state index is 11.4. The van der Waals surface area contributed by atoms with Crippen molar-refractivity contribution in [3.05, 3.63) is 0 Å². The lowest BCUT2D eigenvalue weighted by atomic mass is 10.2. The summed E-state index contributed by atoms with van der Waals surface area (Å²) in [6.45, 7) is 14.9. The van der Waals surface area contributed by atoms with Gasteiger partial charge in [-0.1, -0.05) is 27.7 Å². The Kier molecular flexibility index (Phi) is 17.0. The number of esters is 1. The summed E-state index contributed by atoms with van der Waals surface area (Å²) in [6.07, 6.45) is -0.664.